The quantitative estimate of drug-likeness (QED) is 0.738. The summed E-state index contributed by atoms with van der Waals surface area (Å²) in [4.78, 5) is 34.7. The lowest BCUT2D eigenvalue weighted by Crippen LogP contribution is -2.30. The van der Waals surface area contributed by atoms with Crippen molar-refractivity contribution in [2.24, 2.45) is 4.99 Å². The van der Waals surface area contributed by atoms with Crippen LogP contribution in [0.3, 0.4) is 0 Å². The predicted molar refractivity (Wildman–Crippen MR) is 94.5 cm³/mol. The second kappa shape index (κ2) is 5.92. The van der Waals surface area contributed by atoms with E-state index in [1.807, 2.05) is 0 Å². The van der Waals surface area contributed by atoms with Gasteiger partial charge in [-0.3, -0.25) is 9.78 Å². The molecular weight excluding hydrogens is 339 g/mol. The third kappa shape index (κ3) is 2.53. The van der Waals surface area contributed by atoms with Crippen molar-refractivity contribution < 1.29 is 9.50 Å². The van der Waals surface area contributed by atoms with E-state index in [9.17, 15) is 19.1 Å². The number of hydrogen-bond donors (Lipinski definition) is 2. The number of benzene rings is 1. The molecule has 0 fully saturated rings. The Balaban J connectivity index is 1.91. The number of nitrogens with zero attached hydrogens (tertiary/aromatic N) is 3. The second-order valence-corrected chi connectivity index (χ2v) is 5.54. The normalized spacial score (nSPS) is 14.0. The summed E-state index contributed by atoms with van der Waals surface area (Å²) in [5.74, 6) is -0.538. The average Bonchev–Trinajstić information content (AvgIpc) is 3.03. The molecule has 0 saturated heterocycles. The zero-order valence-electron chi connectivity index (χ0n) is 13.2. The number of halogens is 1. The lowest BCUT2D eigenvalue weighted by molar-refractivity contribution is 0.429. The standard InChI is InChI=1S/C18H11FN4O3/c19-11-3-5-12(6-4-11)23-17(25)14(16(24)22-18(23)26)8-10-9-21-15-13(10)2-1-7-20-15/h1-9,25H,(H,22,24,26)/b10-8-. The number of aromatic amines is 1. The lowest BCUT2D eigenvalue weighted by Gasteiger charge is -2.10. The molecule has 26 heavy (non-hydrogen) atoms. The third-order valence-corrected chi connectivity index (χ3v) is 3.93. The Kier molecular flexibility index (Phi) is 3.58. The molecule has 2 aromatic heterocycles. The van der Waals surface area contributed by atoms with Crippen molar-refractivity contribution in [1.29, 1.82) is 0 Å². The monoisotopic (exact) mass is 350 g/mol. The van der Waals surface area contributed by atoms with E-state index in [-0.39, 0.29) is 11.3 Å². The van der Waals surface area contributed by atoms with Crippen molar-refractivity contribution in [1.82, 2.24) is 14.5 Å². The molecule has 0 saturated carbocycles. The van der Waals surface area contributed by atoms with E-state index in [1.54, 1.807) is 18.3 Å². The van der Waals surface area contributed by atoms with Gasteiger partial charge in [-0.2, -0.15) is 0 Å². The zero-order chi connectivity index (χ0) is 18.3. The Morgan fingerprint density at radius 1 is 1.15 bits per heavy atom. The summed E-state index contributed by atoms with van der Waals surface area (Å²) in [6.45, 7) is 0. The van der Waals surface area contributed by atoms with Gasteiger partial charge >= 0.3 is 5.69 Å². The van der Waals surface area contributed by atoms with E-state index >= 15 is 0 Å². The topological polar surface area (TPSA) is 100 Å². The number of H-pyrrole nitrogens is 1. The van der Waals surface area contributed by atoms with Gasteiger partial charge in [0.1, 0.15) is 11.4 Å². The summed E-state index contributed by atoms with van der Waals surface area (Å²) in [7, 11) is 0. The fourth-order valence-corrected chi connectivity index (χ4v) is 2.69. The van der Waals surface area contributed by atoms with Crippen LogP contribution in [0.25, 0.3) is 17.3 Å². The number of aromatic hydroxyl groups is 1. The van der Waals surface area contributed by atoms with Crippen LogP contribution in [0.4, 0.5) is 10.2 Å². The molecule has 1 aliphatic rings. The van der Waals surface area contributed by atoms with E-state index in [4.69, 9.17) is 0 Å². The van der Waals surface area contributed by atoms with Crippen LogP contribution in [-0.2, 0) is 0 Å². The van der Waals surface area contributed by atoms with Crippen LogP contribution in [0, 0.1) is 5.82 Å². The minimum Gasteiger partial charge on any atom is -0.494 e. The third-order valence-electron chi connectivity index (χ3n) is 3.93. The summed E-state index contributed by atoms with van der Waals surface area (Å²) in [6, 6.07) is 8.45. The summed E-state index contributed by atoms with van der Waals surface area (Å²) in [5, 5.41) is 10.5. The van der Waals surface area contributed by atoms with Gasteiger partial charge in [-0.1, -0.05) is 0 Å². The number of aromatic nitrogens is 3. The van der Waals surface area contributed by atoms with Gasteiger partial charge in [0.15, 0.2) is 5.82 Å². The average molecular weight is 350 g/mol. The van der Waals surface area contributed by atoms with Crippen LogP contribution in [0.1, 0.15) is 11.1 Å². The predicted octanol–water partition coefficient (Wildman–Crippen LogP) is 2.02. The molecular formula is C18H11FN4O3. The van der Waals surface area contributed by atoms with E-state index in [1.165, 1.54) is 24.4 Å². The van der Waals surface area contributed by atoms with Crippen LogP contribution >= 0.6 is 0 Å². The highest BCUT2D eigenvalue weighted by Crippen LogP contribution is 2.31. The molecule has 7 nitrogen and oxygen atoms in total. The van der Waals surface area contributed by atoms with Gasteiger partial charge in [0.2, 0.25) is 5.88 Å². The molecule has 0 spiro atoms. The number of nitrogens with one attached hydrogen (secondary N) is 1. The first-order chi connectivity index (χ1) is 12.5. The highest BCUT2D eigenvalue weighted by atomic mass is 19.1. The molecule has 3 heterocycles. The number of aliphatic imine (C=N–C) groups is 1. The first-order valence-corrected chi connectivity index (χ1v) is 7.60. The van der Waals surface area contributed by atoms with Crippen LogP contribution in [0.5, 0.6) is 5.88 Å². The van der Waals surface area contributed by atoms with Crippen molar-refractivity contribution in [3.05, 3.63) is 80.4 Å². The van der Waals surface area contributed by atoms with Crippen molar-refractivity contribution >= 4 is 23.7 Å². The van der Waals surface area contributed by atoms with E-state index < -0.39 is 22.9 Å². The molecule has 4 rings (SSSR count). The maximum atomic E-state index is 13.1. The second-order valence-electron chi connectivity index (χ2n) is 5.54. The Morgan fingerprint density at radius 2 is 1.92 bits per heavy atom. The molecule has 128 valence electrons. The van der Waals surface area contributed by atoms with Crippen molar-refractivity contribution in [3.63, 3.8) is 0 Å². The fraction of sp³-hybridized carbons (Fsp3) is 0. The van der Waals surface area contributed by atoms with E-state index in [2.05, 4.69) is 15.0 Å². The minimum absolute atomic E-state index is 0.118. The number of fused-ring (bicyclic) bond motifs is 1. The number of rotatable bonds is 2. The molecule has 2 N–H and O–H groups in total. The van der Waals surface area contributed by atoms with Crippen molar-refractivity contribution in [2.45, 2.75) is 0 Å². The Labute approximate surface area is 145 Å². The summed E-state index contributed by atoms with van der Waals surface area (Å²) >= 11 is 0. The number of allylic oxidation sites excluding steroid dienone is 1. The Hall–Kier alpha value is -3.81. The molecule has 0 unspecified atom stereocenters. The first kappa shape index (κ1) is 15.7. The largest absolute Gasteiger partial charge is 0.494 e. The maximum Gasteiger partial charge on any atom is 0.335 e. The molecule has 0 radical (unpaired) electrons. The van der Waals surface area contributed by atoms with Gasteiger partial charge in [0.25, 0.3) is 5.56 Å². The first-order valence-electron chi connectivity index (χ1n) is 7.60. The number of hydrogen-bond acceptors (Lipinski definition) is 5. The van der Waals surface area contributed by atoms with Gasteiger partial charge < -0.3 is 5.11 Å². The molecule has 8 heteroatoms. The fourth-order valence-electron chi connectivity index (χ4n) is 2.69. The number of pyridine rings is 1. The Bertz CT molecular complexity index is 1190. The molecule has 1 aliphatic heterocycles. The summed E-state index contributed by atoms with van der Waals surface area (Å²) in [5.41, 5.74) is -0.212. The van der Waals surface area contributed by atoms with Crippen LogP contribution in [-0.4, -0.2) is 25.9 Å². The highest BCUT2D eigenvalue weighted by Gasteiger charge is 2.18. The lowest BCUT2D eigenvalue weighted by atomic mass is 10.1. The molecule has 0 bridgehead atoms. The zero-order valence-corrected chi connectivity index (χ0v) is 13.2. The molecule has 1 aromatic carbocycles. The van der Waals surface area contributed by atoms with Crippen LogP contribution in [0.2, 0.25) is 0 Å². The van der Waals surface area contributed by atoms with Gasteiger partial charge in [0, 0.05) is 23.5 Å². The Morgan fingerprint density at radius 3 is 2.69 bits per heavy atom. The van der Waals surface area contributed by atoms with Gasteiger partial charge in [-0.15, -0.1) is 0 Å². The maximum absolute atomic E-state index is 13.1. The summed E-state index contributed by atoms with van der Waals surface area (Å²) in [6.07, 6.45) is 4.53. The summed E-state index contributed by atoms with van der Waals surface area (Å²) < 4.78 is 14.0. The smallest absolute Gasteiger partial charge is 0.335 e. The molecule has 0 atom stereocenters. The minimum atomic E-state index is -0.830. The molecule has 0 aliphatic carbocycles. The van der Waals surface area contributed by atoms with E-state index in [0.29, 0.717) is 17.0 Å². The highest BCUT2D eigenvalue weighted by molar-refractivity contribution is 6.21. The van der Waals surface area contributed by atoms with Gasteiger partial charge in [-0.05, 0) is 42.5 Å². The molecule has 3 aromatic rings. The van der Waals surface area contributed by atoms with Crippen LogP contribution in [0.15, 0.2) is 57.2 Å². The SMILES string of the molecule is O=c1[nH]c(=O)n(-c2ccc(F)cc2)c(O)c1/C=C1/C=Nc2ncccc21. The van der Waals surface area contributed by atoms with Crippen LogP contribution < -0.4 is 11.2 Å². The van der Waals surface area contributed by atoms with Gasteiger partial charge in [-0.25, -0.2) is 23.7 Å². The van der Waals surface area contributed by atoms with Gasteiger partial charge in [0.05, 0.1) is 5.69 Å². The van der Waals surface area contributed by atoms with E-state index in [0.717, 1.165) is 16.7 Å². The molecule has 0 amide bonds. The van der Waals surface area contributed by atoms with Crippen molar-refractivity contribution in [2.75, 3.05) is 0 Å². The van der Waals surface area contributed by atoms with Crippen molar-refractivity contribution in [3.8, 4) is 11.6 Å².